The molecule has 0 bridgehead atoms. The van der Waals surface area contributed by atoms with Gasteiger partial charge >= 0.3 is 5.97 Å². The highest BCUT2D eigenvalue weighted by molar-refractivity contribution is 7.91. The lowest BCUT2D eigenvalue weighted by Gasteiger charge is -2.27. The van der Waals surface area contributed by atoms with E-state index < -0.39 is 21.8 Å². The smallest absolute Gasteiger partial charge is 0.340 e. The number of thiophene rings is 1. The van der Waals surface area contributed by atoms with Gasteiger partial charge in [-0.05, 0) is 49.6 Å². The molecule has 2 aromatic rings. The maximum Gasteiger partial charge on any atom is 0.340 e. The van der Waals surface area contributed by atoms with Gasteiger partial charge in [-0.3, -0.25) is 4.79 Å². The van der Waals surface area contributed by atoms with Gasteiger partial charge in [0.15, 0.2) is 0 Å². The molecular formula is C20H23FN2O5S2. The number of nitrogens with one attached hydrogen (secondary N) is 1. The third kappa shape index (κ3) is 4.40. The molecule has 0 spiro atoms. The van der Waals surface area contributed by atoms with E-state index in [2.05, 4.69) is 4.72 Å². The molecule has 1 N–H and O–H groups in total. The molecule has 7 nitrogen and oxygen atoms in total. The minimum atomic E-state index is -3.92. The number of halogens is 1. The van der Waals surface area contributed by atoms with Gasteiger partial charge in [0.2, 0.25) is 0 Å². The van der Waals surface area contributed by atoms with Gasteiger partial charge in [0.05, 0.1) is 19.2 Å². The zero-order valence-corrected chi connectivity index (χ0v) is 18.5. The van der Waals surface area contributed by atoms with Crippen LogP contribution < -0.4 is 4.72 Å². The van der Waals surface area contributed by atoms with Gasteiger partial charge in [-0.1, -0.05) is 6.92 Å². The van der Waals surface area contributed by atoms with E-state index in [0.29, 0.717) is 35.4 Å². The molecule has 0 saturated heterocycles. The van der Waals surface area contributed by atoms with Gasteiger partial charge in [0, 0.05) is 23.0 Å². The summed E-state index contributed by atoms with van der Waals surface area (Å²) in [6.07, 6.45) is 0.917. The van der Waals surface area contributed by atoms with E-state index in [1.54, 1.807) is 11.8 Å². The fourth-order valence-electron chi connectivity index (χ4n) is 3.23. The highest BCUT2D eigenvalue weighted by atomic mass is 32.2. The van der Waals surface area contributed by atoms with Crippen LogP contribution in [0, 0.1) is 5.82 Å². The number of esters is 1. The molecule has 0 saturated carbocycles. The molecule has 10 heteroatoms. The Morgan fingerprint density at radius 2 is 1.97 bits per heavy atom. The minimum absolute atomic E-state index is 0.0437. The fraction of sp³-hybridized carbons (Fsp3) is 0.400. The number of nitrogens with zero attached hydrogens (tertiary/aromatic N) is 1. The monoisotopic (exact) mass is 454 g/mol. The van der Waals surface area contributed by atoms with Gasteiger partial charge in [-0.2, -0.15) is 0 Å². The molecule has 2 heterocycles. The second kappa shape index (κ2) is 8.83. The van der Waals surface area contributed by atoms with E-state index >= 15 is 0 Å². The lowest BCUT2D eigenvalue weighted by molar-refractivity contribution is 0.0595. The molecule has 30 heavy (non-hydrogen) atoms. The summed E-state index contributed by atoms with van der Waals surface area (Å²) in [5, 5.41) is 0. The third-order valence-corrected chi connectivity index (χ3v) is 8.33. The van der Waals surface area contributed by atoms with Crippen LogP contribution in [-0.2, 0) is 27.7 Å². The number of fused-ring (bicyclic) bond motifs is 1. The van der Waals surface area contributed by atoms with Gasteiger partial charge < -0.3 is 9.64 Å². The van der Waals surface area contributed by atoms with Crippen LogP contribution >= 0.6 is 11.3 Å². The van der Waals surface area contributed by atoms with Gasteiger partial charge in [0.25, 0.3) is 15.9 Å². The van der Waals surface area contributed by atoms with Crippen LogP contribution in [0.4, 0.5) is 4.39 Å². The Labute approximate surface area is 178 Å². The van der Waals surface area contributed by atoms with Crippen molar-refractivity contribution in [2.75, 3.05) is 13.7 Å². The molecule has 0 aliphatic carbocycles. The average Bonchev–Trinajstić information content (AvgIpc) is 3.12. The molecule has 1 aliphatic rings. The second-order valence-electron chi connectivity index (χ2n) is 7.07. The van der Waals surface area contributed by atoms with Crippen LogP contribution in [0.5, 0.6) is 0 Å². The van der Waals surface area contributed by atoms with Crippen molar-refractivity contribution in [1.29, 1.82) is 0 Å². The fourth-order valence-corrected chi connectivity index (χ4v) is 6.47. The summed E-state index contributed by atoms with van der Waals surface area (Å²) in [4.78, 5) is 27.4. The van der Waals surface area contributed by atoms with Crippen LogP contribution in [0.2, 0.25) is 0 Å². The molecule has 1 aromatic carbocycles. The topological polar surface area (TPSA) is 92.8 Å². The average molecular weight is 455 g/mol. The standard InChI is InChI=1S/C20H23FN2O5S2/c1-4-12(2)22-30(26,27)20-17(19(25)28-3)15-9-10-23(11-16(15)29-20)18(24)13-5-7-14(21)8-6-13/h5-8,12,22H,4,9-11H2,1-3H3/t12-/m0/s1. The predicted molar refractivity (Wildman–Crippen MR) is 111 cm³/mol. The molecule has 0 fully saturated rings. The number of ether oxygens (including phenoxy) is 1. The van der Waals surface area contributed by atoms with E-state index in [4.69, 9.17) is 4.74 Å². The Bertz CT molecular complexity index is 1060. The first-order valence-corrected chi connectivity index (χ1v) is 11.8. The van der Waals surface area contributed by atoms with Crippen molar-refractivity contribution in [2.45, 2.75) is 43.5 Å². The molecule has 3 rings (SSSR count). The number of amides is 1. The molecule has 1 aromatic heterocycles. The molecule has 1 amide bonds. The molecule has 162 valence electrons. The largest absolute Gasteiger partial charge is 0.465 e. The van der Waals surface area contributed by atoms with Gasteiger partial charge in [0.1, 0.15) is 10.0 Å². The Kier molecular flexibility index (Phi) is 6.59. The summed E-state index contributed by atoms with van der Waals surface area (Å²) in [6.45, 7) is 4.07. The first kappa shape index (κ1) is 22.4. The van der Waals surface area contributed by atoms with Crippen molar-refractivity contribution < 1.29 is 27.1 Å². The normalized spacial score (nSPS) is 14.9. The number of hydrogen-bond acceptors (Lipinski definition) is 6. The van der Waals surface area contributed by atoms with Crippen molar-refractivity contribution in [1.82, 2.24) is 9.62 Å². The highest BCUT2D eigenvalue weighted by Gasteiger charge is 2.35. The quantitative estimate of drug-likeness (QED) is 0.678. The zero-order valence-electron chi connectivity index (χ0n) is 16.9. The van der Waals surface area contributed by atoms with Crippen molar-refractivity contribution in [2.24, 2.45) is 0 Å². The van der Waals surface area contributed by atoms with Crippen LogP contribution in [-0.4, -0.2) is 44.9 Å². The number of carbonyl (C=O) groups is 2. The number of hydrogen-bond donors (Lipinski definition) is 1. The Balaban J connectivity index is 1.96. The molecular weight excluding hydrogens is 431 g/mol. The Hall–Kier alpha value is -2.30. The minimum Gasteiger partial charge on any atom is -0.465 e. The van der Waals surface area contributed by atoms with Crippen LogP contribution in [0.1, 0.15) is 51.4 Å². The number of methoxy groups -OCH3 is 1. The number of benzene rings is 1. The molecule has 1 aliphatic heterocycles. The van der Waals surface area contributed by atoms with E-state index in [1.165, 1.54) is 31.4 Å². The second-order valence-corrected chi connectivity index (χ2v) is 10.1. The predicted octanol–water partition coefficient (Wildman–Crippen LogP) is 2.95. The lowest BCUT2D eigenvalue weighted by Crippen LogP contribution is -2.35. The van der Waals surface area contributed by atoms with E-state index in [-0.39, 0.29) is 28.3 Å². The van der Waals surface area contributed by atoms with Gasteiger partial charge in [-0.15, -0.1) is 11.3 Å². The summed E-state index contributed by atoms with van der Waals surface area (Å²) in [7, 11) is -2.72. The van der Waals surface area contributed by atoms with E-state index in [0.717, 1.165) is 11.3 Å². The van der Waals surface area contributed by atoms with E-state index in [1.807, 2.05) is 6.92 Å². The van der Waals surface area contributed by atoms with Crippen LogP contribution in [0.25, 0.3) is 0 Å². The van der Waals surface area contributed by atoms with Crippen molar-refractivity contribution in [3.05, 3.63) is 51.7 Å². The van der Waals surface area contributed by atoms with Crippen molar-refractivity contribution in [3.8, 4) is 0 Å². The summed E-state index contributed by atoms with van der Waals surface area (Å²) in [6, 6.07) is 4.96. The van der Waals surface area contributed by atoms with E-state index in [9.17, 15) is 22.4 Å². The summed E-state index contributed by atoms with van der Waals surface area (Å²) in [5.74, 6) is -1.43. The van der Waals surface area contributed by atoms with Crippen LogP contribution in [0.3, 0.4) is 0 Å². The SMILES string of the molecule is CC[C@H](C)NS(=O)(=O)c1sc2c(c1C(=O)OC)CCN(C(=O)c1ccc(F)cc1)C2. The summed E-state index contributed by atoms with van der Waals surface area (Å²) in [5.41, 5.74) is 0.984. The van der Waals surface area contributed by atoms with Crippen molar-refractivity contribution in [3.63, 3.8) is 0 Å². The lowest BCUT2D eigenvalue weighted by atomic mass is 10.0. The molecule has 0 unspecified atom stereocenters. The van der Waals surface area contributed by atoms with Gasteiger partial charge in [-0.25, -0.2) is 22.3 Å². The summed E-state index contributed by atoms with van der Waals surface area (Å²) >= 11 is 0.979. The number of sulfonamides is 1. The molecule has 1 atom stereocenters. The molecule has 0 radical (unpaired) electrons. The van der Waals surface area contributed by atoms with Crippen molar-refractivity contribution >= 4 is 33.2 Å². The maximum atomic E-state index is 13.1. The Morgan fingerprint density at radius 1 is 1.30 bits per heavy atom. The number of rotatable bonds is 6. The summed E-state index contributed by atoms with van der Waals surface area (Å²) < 4.78 is 46.3. The number of carbonyl (C=O) groups excluding carboxylic acids is 2. The first-order chi connectivity index (χ1) is 14.2. The Morgan fingerprint density at radius 3 is 2.57 bits per heavy atom. The highest BCUT2D eigenvalue weighted by Crippen LogP contribution is 2.37. The zero-order chi connectivity index (χ0) is 22.1. The van der Waals surface area contributed by atoms with Crippen LogP contribution in [0.15, 0.2) is 28.5 Å². The third-order valence-electron chi connectivity index (χ3n) is 5.01. The maximum absolute atomic E-state index is 13.1. The first-order valence-electron chi connectivity index (χ1n) is 9.48.